The minimum atomic E-state index is -1.62. The van der Waals surface area contributed by atoms with Gasteiger partial charge in [0.1, 0.15) is 17.5 Å². The third kappa shape index (κ3) is 6.65. The van der Waals surface area contributed by atoms with E-state index in [1.807, 2.05) is 54.6 Å². The molecule has 0 spiro atoms. The summed E-state index contributed by atoms with van der Waals surface area (Å²) in [4.78, 5) is 42.5. The number of nitrogens with two attached hydrogens (primary N) is 1. The van der Waals surface area contributed by atoms with Crippen LogP contribution < -0.4 is 21.7 Å². The van der Waals surface area contributed by atoms with E-state index < -0.39 is 28.7 Å². The van der Waals surface area contributed by atoms with E-state index in [4.69, 9.17) is 15.9 Å². The van der Waals surface area contributed by atoms with Gasteiger partial charge in [0, 0.05) is 12.5 Å². The smallest absolute Gasteiger partial charge is 0.407 e. The fraction of sp³-hybridized carbons (Fsp3) is 0.258. The predicted octanol–water partition coefficient (Wildman–Crippen LogP) is 4.41. The minimum absolute atomic E-state index is 0.101. The van der Waals surface area contributed by atoms with Gasteiger partial charge in [0.25, 0.3) is 0 Å². The van der Waals surface area contributed by atoms with E-state index >= 15 is 0 Å². The van der Waals surface area contributed by atoms with Gasteiger partial charge in [0.15, 0.2) is 11.0 Å². The molecule has 12 heteroatoms. The van der Waals surface area contributed by atoms with Crippen molar-refractivity contribution in [2.75, 3.05) is 13.2 Å². The molecule has 4 aromatic rings. The number of Topliss-reactive ketones (excluding diaryl/α,β-unsaturated/α-hetero) is 1. The van der Waals surface area contributed by atoms with Gasteiger partial charge < -0.3 is 26.4 Å². The lowest BCUT2D eigenvalue weighted by atomic mass is 9.98. The number of thiazole rings is 1. The van der Waals surface area contributed by atoms with Crippen molar-refractivity contribution in [1.82, 2.24) is 20.9 Å². The Morgan fingerprint density at radius 1 is 1.05 bits per heavy atom. The number of ether oxygens (including phenoxy) is 1. The number of carbonyl (C=O) groups is 3. The zero-order chi connectivity index (χ0) is 30.6. The normalized spacial score (nSPS) is 14.2. The fourth-order valence-corrected chi connectivity index (χ4v) is 6.57. The molecule has 10 nitrogen and oxygen atoms in total. The first-order valence-corrected chi connectivity index (χ1v) is 15.1. The largest absolute Gasteiger partial charge is 0.449 e. The number of benzene rings is 3. The number of aromatic nitrogens is 1. The lowest BCUT2D eigenvalue weighted by Gasteiger charge is -2.29. The quantitative estimate of drug-likeness (QED) is 0.0364. The number of amides is 2. The van der Waals surface area contributed by atoms with Crippen molar-refractivity contribution in [3.8, 4) is 11.1 Å². The van der Waals surface area contributed by atoms with Crippen molar-refractivity contribution in [2.24, 2.45) is 5.73 Å². The molecule has 0 saturated carbocycles. The fourth-order valence-electron chi connectivity index (χ4n) is 5.14. The molecule has 1 aliphatic rings. The lowest BCUT2D eigenvalue weighted by molar-refractivity contribution is -0.123. The SMILES string of the molecule is C[C@@H](NC(=O)OCC1c2ccccc2-c2ccccc21)C(=O)NC(S)(CCCNC(=N)N)C(=O)c1nc2ccccc2s1. The zero-order valence-corrected chi connectivity index (χ0v) is 25.1. The zero-order valence-electron chi connectivity index (χ0n) is 23.4. The molecule has 0 aliphatic heterocycles. The van der Waals surface area contributed by atoms with Crippen molar-refractivity contribution in [1.29, 1.82) is 5.41 Å². The van der Waals surface area contributed by atoms with Crippen LogP contribution in [0.4, 0.5) is 4.79 Å². The number of hydrogen-bond donors (Lipinski definition) is 6. The Morgan fingerprint density at radius 3 is 2.33 bits per heavy atom. The van der Waals surface area contributed by atoms with Crippen LogP contribution in [0, 0.1) is 5.41 Å². The number of fused-ring (bicyclic) bond motifs is 4. The highest BCUT2D eigenvalue weighted by Crippen LogP contribution is 2.44. The second kappa shape index (κ2) is 12.8. The first kappa shape index (κ1) is 30.1. The molecule has 1 aliphatic carbocycles. The number of alkyl carbamates (subject to hydrolysis) is 1. The topological polar surface area (TPSA) is 159 Å². The van der Waals surface area contributed by atoms with Crippen LogP contribution in [0.5, 0.6) is 0 Å². The van der Waals surface area contributed by atoms with Crippen molar-refractivity contribution in [2.45, 2.75) is 36.6 Å². The molecule has 1 aromatic heterocycles. The van der Waals surface area contributed by atoms with Crippen molar-refractivity contribution < 1.29 is 19.1 Å². The van der Waals surface area contributed by atoms with Gasteiger partial charge in [-0.25, -0.2) is 9.78 Å². The summed E-state index contributed by atoms with van der Waals surface area (Å²) in [7, 11) is 0. The molecular weight excluding hydrogens is 585 g/mol. The molecule has 1 heterocycles. The van der Waals surface area contributed by atoms with E-state index in [0.29, 0.717) is 18.5 Å². The van der Waals surface area contributed by atoms with Crippen molar-refractivity contribution in [3.63, 3.8) is 0 Å². The van der Waals surface area contributed by atoms with Crippen LogP contribution in [0.15, 0.2) is 72.8 Å². The number of nitrogens with one attached hydrogen (secondary N) is 4. The molecular formula is C31H32N6O4S2. The lowest BCUT2D eigenvalue weighted by Crippen LogP contribution is -2.56. The Morgan fingerprint density at radius 2 is 1.67 bits per heavy atom. The number of ketones is 1. The van der Waals surface area contributed by atoms with E-state index in [1.165, 1.54) is 18.3 Å². The molecule has 222 valence electrons. The number of guanidine groups is 1. The summed E-state index contributed by atoms with van der Waals surface area (Å²) < 4.78 is 6.41. The summed E-state index contributed by atoms with van der Waals surface area (Å²) in [5, 5.41) is 15.5. The van der Waals surface area contributed by atoms with Gasteiger partial charge in [-0.3, -0.25) is 15.0 Å². The molecule has 0 fully saturated rings. The number of rotatable bonds is 11. The Balaban J connectivity index is 1.24. The molecule has 2 amide bonds. The molecule has 6 N–H and O–H groups in total. The second-order valence-electron chi connectivity index (χ2n) is 10.3. The van der Waals surface area contributed by atoms with Crippen LogP contribution in [-0.4, -0.2) is 52.8 Å². The Labute approximate surface area is 258 Å². The van der Waals surface area contributed by atoms with Gasteiger partial charge in [0.05, 0.1) is 10.2 Å². The number of nitrogens with zero attached hydrogens (tertiary/aromatic N) is 1. The highest BCUT2D eigenvalue weighted by molar-refractivity contribution is 7.82. The molecule has 3 aromatic carbocycles. The average molecular weight is 617 g/mol. The molecule has 5 rings (SSSR count). The van der Waals surface area contributed by atoms with Crippen LogP contribution in [0.25, 0.3) is 21.3 Å². The number of para-hydroxylation sites is 1. The first-order chi connectivity index (χ1) is 20.7. The van der Waals surface area contributed by atoms with Gasteiger partial charge in [-0.2, -0.15) is 0 Å². The molecule has 0 saturated heterocycles. The van der Waals surface area contributed by atoms with E-state index in [1.54, 1.807) is 6.07 Å². The minimum Gasteiger partial charge on any atom is -0.449 e. The summed E-state index contributed by atoms with van der Waals surface area (Å²) in [6.07, 6.45) is -0.264. The highest BCUT2D eigenvalue weighted by Gasteiger charge is 2.39. The molecule has 0 radical (unpaired) electrons. The molecule has 0 bridgehead atoms. The summed E-state index contributed by atoms with van der Waals surface area (Å²) in [6, 6.07) is 22.4. The predicted molar refractivity (Wildman–Crippen MR) is 171 cm³/mol. The standard InChI is InChI=1S/C31H32N6O4S2/c1-18(35-30(40)41-17-23-21-11-4-2-9-19(21)20-10-3-5-12-22(20)23)27(39)37-31(42,15-8-16-34-29(32)33)26(38)28-36-24-13-6-7-14-25(24)43-28/h2-7,9-14,18,23,42H,8,15-17H2,1H3,(H,35,40)(H,37,39)(H4,32,33,34)/t18-,31?/m1/s1. The summed E-state index contributed by atoms with van der Waals surface area (Å²) in [5.74, 6) is -1.41. The summed E-state index contributed by atoms with van der Waals surface area (Å²) in [5.41, 5.74) is 10.4. The van der Waals surface area contributed by atoms with Crippen LogP contribution in [0.2, 0.25) is 0 Å². The molecule has 2 atom stereocenters. The van der Waals surface area contributed by atoms with Crippen molar-refractivity contribution >= 4 is 57.9 Å². The van der Waals surface area contributed by atoms with Crippen LogP contribution >= 0.6 is 24.0 Å². The average Bonchev–Trinajstić information content (AvgIpc) is 3.57. The Kier molecular flexibility index (Phi) is 8.97. The molecule has 1 unspecified atom stereocenters. The third-order valence-corrected chi connectivity index (χ3v) is 8.87. The number of thiol groups is 1. The van der Waals surface area contributed by atoms with E-state index in [0.717, 1.165) is 27.0 Å². The van der Waals surface area contributed by atoms with E-state index in [-0.39, 0.29) is 29.9 Å². The maximum atomic E-state index is 13.7. The Bertz CT molecular complexity index is 1610. The van der Waals surface area contributed by atoms with Crippen LogP contribution in [-0.2, 0) is 9.53 Å². The maximum absolute atomic E-state index is 13.7. The summed E-state index contributed by atoms with van der Waals surface area (Å²) in [6.45, 7) is 1.91. The number of hydrogen-bond acceptors (Lipinski definition) is 8. The van der Waals surface area contributed by atoms with Gasteiger partial charge >= 0.3 is 6.09 Å². The molecule has 43 heavy (non-hydrogen) atoms. The highest BCUT2D eigenvalue weighted by atomic mass is 32.1. The van der Waals surface area contributed by atoms with E-state index in [9.17, 15) is 14.4 Å². The van der Waals surface area contributed by atoms with Crippen molar-refractivity contribution in [3.05, 3.63) is 88.9 Å². The number of carbonyl (C=O) groups excluding carboxylic acids is 3. The Hall–Kier alpha value is -4.42. The maximum Gasteiger partial charge on any atom is 0.407 e. The first-order valence-electron chi connectivity index (χ1n) is 13.8. The van der Waals surface area contributed by atoms with Gasteiger partial charge in [-0.15, -0.1) is 24.0 Å². The second-order valence-corrected chi connectivity index (χ2v) is 12.1. The summed E-state index contributed by atoms with van der Waals surface area (Å²) >= 11 is 5.85. The third-order valence-electron chi connectivity index (χ3n) is 7.30. The van der Waals surface area contributed by atoms with Gasteiger partial charge in [-0.1, -0.05) is 60.7 Å². The van der Waals surface area contributed by atoms with Gasteiger partial charge in [-0.05, 0) is 54.2 Å². The van der Waals surface area contributed by atoms with Crippen LogP contribution in [0.3, 0.4) is 0 Å². The van der Waals surface area contributed by atoms with Crippen LogP contribution in [0.1, 0.15) is 46.6 Å². The van der Waals surface area contributed by atoms with E-state index in [2.05, 4.69) is 45.7 Å². The monoisotopic (exact) mass is 616 g/mol. The van der Waals surface area contributed by atoms with Gasteiger partial charge in [0.2, 0.25) is 11.7 Å².